The quantitative estimate of drug-likeness (QED) is 0.677. The molecule has 0 aliphatic rings. The summed E-state index contributed by atoms with van der Waals surface area (Å²) in [5.41, 5.74) is 0. The number of hydrogen-bond acceptors (Lipinski definition) is 5. The van der Waals surface area contributed by atoms with Crippen molar-refractivity contribution in [3.05, 3.63) is 24.3 Å². The molecule has 0 aliphatic heterocycles. The summed E-state index contributed by atoms with van der Waals surface area (Å²) in [4.78, 5) is 10.6. The second kappa shape index (κ2) is 7.96. The average Bonchev–Trinajstić information content (AvgIpc) is 2.45. The van der Waals surface area contributed by atoms with Crippen LogP contribution in [0.5, 0.6) is 5.75 Å². The van der Waals surface area contributed by atoms with Crippen LogP contribution in [0.4, 0.5) is 0 Å². The van der Waals surface area contributed by atoms with Crippen molar-refractivity contribution in [3.8, 4) is 5.75 Å². The van der Waals surface area contributed by atoms with Gasteiger partial charge in [-0.05, 0) is 24.3 Å². The van der Waals surface area contributed by atoms with Crippen LogP contribution in [0.25, 0.3) is 0 Å². The fraction of sp³-hybridized carbons (Fsp3) is 0.462. The van der Waals surface area contributed by atoms with Gasteiger partial charge in [0.25, 0.3) is 0 Å². The molecule has 0 heterocycles. The maximum absolute atomic E-state index is 12.2. The largest absolute Gasteiger partial charge is 0.491 e. The Labute approximate surface area is 124 Å². The van der Waals surface area contributed by atoms with Gasteiger partial charge in [-0.15, -0.1) is 0 Å². The number of ether oxygens (including phenoxy) is 2. The van der Waals surface area contributed by atoms with E-state index in [1.165, 1.54) is 19.2 Å². The lowest BCUT2D eigenvalue weighted by Crippen LogP contribution is -2.29. The summed E-state index contributed by atoms with van der Waals surface area (Å²) < 4.78 is 35.6. The molecule has 1 aromatic rings. The number of rotatable bonds is 9. The van der Waals surface area contributed by atoms with Crippen molar-refractivity contribution in [1.29, 1.82) is 0 Å². The summed E-state index contributed by atoms with van der Waals surface area (Å²) in [5.74, 6) is -0.502. The molecule has 0 saturated carbocycles. The second-order valence-electron chi connectivity index (χ2n) is 4.28. The Morgan fingerprint density at radius 1 is 1.24 bits per heavy atom. The monoisotopic (exact) mass is 317 g/mol. The molecule has 118 valence electrons. The number of hydrogen-bond donors (Lipinski definition) is 1. The molecule has 0 saturated heterocycles. The van der Waals surface area contributed by atoms with E-state index >= 15 is 0 Å². The number of nitrogens with zero attached hydrogens (tertiary/aromatic N) is 1. The maximum atomic E-state index is 12.2. The molecule has 0 bridgehead atoms. The molecular weight excluding hydrogens is 298 g/mol. The van der Waals surface area contributed by atoms with Crippen LogP contribution in [-0.4, -0.2) is 57.7 Å². The van der Waals surface area contributed by atoms with E-state index in [0.29, 0.717) is 19.0 Å². The molecular formula is C13H19NO6S. The van der Waals surface area contributed by atoms with Crippen molar-refractivity contribution in [2.24, 2.45) is 0 Å². The topological polar surface area (TPSA) is 93.1 Å². The van der Waals surface area contributed by atoms with Gasteiger partial charge in [0.15, 0.2) is 0 Å². The summed E-state index contributed by atoms with van der Waals surface area (Å²) in [6, 6.07) is 5.95. The number of sulfonamides is 1. The first-order valence-corrected chi connectivity index (χ1v) is 7.72. The third kappa shape index (κ3) is 5.33. The molecule has 0 fully saturated rings. The third-order valence-electron chi connectivity index (χ3n) is 2.73. The van der Waals surface area contributed by atoms with Crippen LogP contribution in [0.1, 0.15) is 6.42 Å². The minimum atomic E-state index is -3.69. The summed E-state index contributed by atoms with van der Waals surface area (Å²) in [6.45, 7) is 0.739. The molecule has 0 unspecified atom stereocenters. The van der Waals surface area contributed by atoms with Gasteiger partial charge in [0.05, 0.1) is 17.9 Å². The number of carboxylic acid groups (broad SMARTS) is 1. The van der Waals surface area contributed by atoms with Crippen LogP contribution < -0.4 is 4.74 Å². The second-order valence-corrected chi connectivity index (χ2v) is 6.33. The fourth-order valence-electron chi connectivity index (χ4n) is 1.50. The third-order valence-corrected chi connectivity index (χ3v) is 4.60. The molecule has 0 radical (unpaired) electrons. The van der Waals surface area contributed by atoms with Crippen molar-refractivity contribution in [2.45, 2.75) is 11.3 Å². The smallest absolute Gasteiger partial charge is 0.304 e. The van der Waals surface area contributed by atoms with Crippen molar-refractivity contribution < 1.29 is 27.8 Å². The Hall–Kier alpha value is -1.64. The lowest BCUT2D eigenvalue weighted by molar-refractivity contribution is -0.137. The Morgan fingerprint density at radius 3 is 2.38 bits per heavy atom. The van der Waals surface area contributed by atoms with Crippen LogP contribution in [0.15, 0.2) is 29.2 Å². The molecule has 1 aromatic carbocycles. The van der Waals surface area contributed by atoms with Gasteiger partial charge in [0.1, 0.15) is 12.4 Å². The molecule has 0 amide bonds. The van der Waals surface area contributed by atoms with E-state index in [0.717, 1.165) is 4.31 Å². The number of carbonyl (C=O) groups is 1. The zero-order valence-corrected chi connectivity index (χ0v) is 12.8. The number of benzene rings is 1. The highest BCUT2D eigenvalue weighted by atomic mass is 32.2. The Balaban J connectivity index is 2.72. The van der Waals surface area contributed by atoms with Gasteiger partial charge in [-0.3, -0.25) is 4.79 Å². The summed E-state index contributed by atoms with van der Waals surface area (Å²) in [7, 11) is -0.777. The van der Waals surface area contributed by atoms with Crippen molar-refractivity contribution in [2.75, 3.05) is 33.9 Å². The number of aliphatic carboxylic acids is 1. The molecule has 0 aliphatic carbocycles. The molecule has 0 aromatic heterocycles. The van der Waals surface area contributed by atoms with Gasteiger partial charge in [-0.25, -0.2) is 12.7 Å². The molecule has 7 nitrogen and oxygen atoms in total. The summed E-state index contributed by atoms with van der Waals surface area (Å²) in [6.07, 6.45) is -0.242. The van der Waals surface area contributed by atoms with Gasteiger partial charge in [0, 0.05) is 20.7 Å². The highest BCUT2D eigenvalue weighted by molar-refractivity contribution is 7.89. The van der Waals surface area contributed by atoms with E-state index in [1.54, 1.807) is 19.2 Å². The van der Waals surface area contributed by atoms with E-state index < -0.39 is 16.0 Å². The Morgan fingerprint density at radius 2 is 1.86 bits per heavy atom. The normalized spacial score (nSPS) is 11.6. The molecule has 8 heteroatoms. The standard InChI is InChI=1S/C13H19NO6S/c1-14(8-7-13(15)16)21(17,18)12-5-3-11(4-6-12)20-10-9-19-2/h3-6H,7-10H2,1-2H3,(H,15,16). The lowest BCUT2D eigenvalue weighted by atomic mass is 10.3. The van der Waals surface area contributed by atoms with Gasteiger partial charge >= 0.3 is 5.97 Å². The van der Waals surface area contributed by atoms with Gasteiger partial charge in [0.2, 0.25) is 10.0 Å². The first kappa shape index (κ1) is 17.4. The fourth-order valence-corrected chi connectivity index (χ4v) is 2.68. The SMILES string of the molecule is COCCOc1ccc(S(=O)(=O)N(C)CCC(=O)O)cc1. The van der Waals surface area contributed by atoms with Crippen LogP contribution >= 0.6 is 0 Å². The van der Waals surface area contributed by atoms with Gasteiger partial charge < -0.3 is 14.6 Å². The first-order valence-electron chi connectivity index (χ1n) is 6.28. The zero-order chi connectivity index (χ0) is 15.9. The maximum Gasteiger partial charge on any atom is 0.304 e. The van der Waals surface area contributed by atoms with Crippen molar-refractivity contribution in [1.82, 2.24) is 4.31 Å². The minimum absolute atomic E-state index is 0.0796. The molecule has 1 N–H and O–H groups in total. The zero-order valence-electron chi connectivity index (χ0n) is 12.0. The van der Waals surface area contributed by atoms with Gasteiger partial charge in [-0.2, -0.15) is 0 Å². The van der Waals surface area contributed by atoms with Crippen molar-refractivity contribution >= 4 is 16.0 Å². The van der Waals surface area contributed by atoms with E-state index in [9.17, 15) is 13.2 Å². The average molecular weight is 317 g/mol. The summed E-state index contributed by atoms with van der Waals surface area (Å²) >= 11 is 0. The number of carboxylic acids is 1. The van der Waals surface area contributed by atoms with E-state index in [1.807, 2.05) is 0 Å². The predicted molar refractivity (Wildman–Crippen MR) is 75.9 cm³/mol. The van der Waals surface area contributed by atoms with Crippen LogP contribution in [0.2, 0.25) is 0 Å². The predicted octanol–water partition coefficient (Wildman–Crippen LogP) is 0.807. The summed E-state index contributed by atoms with van der Waals surface area (Å²) in [5, 5.41) is 8.59. The molecule has 1 rings (SSSR count). The van der Waals surface area contributed by atoms with Crippen molar-refractivity contribution in [3.63, 3.8) is 0 Å². The van der Waals surface area contributed by atoms with Gasteiger partial charge in [-0.1, -0.05) is 0 Å². The Bertz CT molecular complexity index is 555. The molecule has 21 heavy (non-hydrogen) atoms. The molecule has 0 atom stereocenters. The lowest BCUT2D eigenvalue weighted by Gasteiger charge is -2.16. The highest BCUT2D eigenvalue weighted by Gasteiger charge is 2.21. The first-order chi connectivity index (χ1) is 9.87. The Kier molecular flexibility index (Phi) is 6.60. The minimum Gasteiger partial charge on any atom is -0.491 e. The van der Waals surface area contributed by atoms with E-state index in [4.69, 9.17) is 14.6 Å². The van der Waals surface area contributed by atoms with E-state index in [-0.39, 0.29) is 17.9 Å². The van der Waals surface area contributed by atoms with Crippen LogP contribution in [0.3, 0.4) is 0 Å². The van der Waals surface area contributed by atoms with Crippen LogP contribution in [-0.2, 0) is 19.6 Å². The van der Waals surface area contributed by atoms with Crippen LogP contribution in [0, 0.1) is 0 Å². The highest BCUT2D eigenvalue weighted by Crippen LogP contribution is 2.19. The van der Waals surface area contributed by atoms with E-state index in [2.05, 4.69) is 0 Å². The molecule has 0 spiro atoms. The number of methoxy groups -OCH3 is 1.